The number of rotatable bonds is 5. The number of carbonyl (C=O) groups is 1. The third-order valence-electron chi connectivity index (χ3n) is 4.95. The summed E-state index contributed by atoms with van der Waals surface area (Å²) in [6.45, 7) is 3.77. The smallest absolute Gasteiger partial charge is 0.256 e. The summed E-state index contributed by atoms with van der Waals surface area (Å²) in [5, 5.41) is 14.1. The molecule has 1 aromatic carbocycles. The fraction of sp³-hybridized carbons (Fsp3) is 0.611. The summed E-state index contributed by atoms with van der Waals surface area (Å²) in [7, 11) is 0. The minimum atomic E-state index is -1.22. The van der Waals surface area contributed by atoms with Crippen LogP contribution in [0.4, 0.5) is 0 Å². The molecule has 0 spiro atoms. The Balaban J connectivity index is 1.63. The Hall–Kier alpha value is -1.39. The highest BCUT2D eigenvalue weighted by Crippen LogP contribution is 2.25. The molecular formula is C18H26N2O2. The van der Waals surface area contributed by atoms with Gasteiger partial charge in [-0.1, -0.05) is 36.2 Å². The number of likely N-dealkylation sites (tertiary alicyclic amines) is 1. The van der Waals surface area contributed by atoms with Crippen LogP contribution in [0.3, 0.4) is 0 Å². The van der Waals surface area contributed by atoms with Crippen LogP contribution in [0.15, 0.2) is 24.3 Å². The summed E-state index contributed by atoms with van der Waals surface area (Å²) < 4.78 is 0. The summed E-state index contributed by atoms with van der Waals surface area (Å²) in [5.41, 5.74) is 1.10. The van der Waals surface area contributed by atoms with E-state index >= 15 is 0 Å². The second-order valence-corrected chi connectivity index (χ2v) is 6.86. The first-order valence-corrected chi connectivity index (χ1v) is 8.37. The van der Waals surface area contributed by atoms with Crippen molar-refractivity contribution in [2.24, 2.45) is 0 Å². The lowest BCUT2D eigenvalue weighted by Gasteiger charge is -2.40. The van der Waals surface area contributed by atoms with Crippen molar-refractivity contribution in [3.8, 4) is 0 Å². The van der Waals surface area contributed by atoms with E-state index in [4.69, 9.17) is 0 Å². The first-order chi connectivity index (χ1) is 10.6. The SMILES string of the molecule is Cc1cccc(CN2CCC[C@](O)(CNC3CCC3)C2=O)c1. The molecule has 22 heavy (non-hydrogen) atoms. The van der Waals surface area contributed by atoms with Crippen molar-refractivity contribution in [1.29, 1.82) is 0 Å². The van der Waals surface area contributed by atoms with Crippen molar-refractivity contribution < 1.29 is 9.90 Å². The molecule has 4 heteroatoms. The molecule has 2 fully saturated rings. The van der Waals surface area contributed by atoms with E-state index in [1.807, 2.05) is 12.1 Å². The number of carbonyl (C=O) groups excluding carboxylic acids is 1. The Labute approximate surface area is 132 Å². The van der Waals surface area contributed by atoms with Crippen molar-refractivity contribution in [3.63, 3.8) is 0 Å². The topological polar surface area (TPSA) is 52.6 Å². The number of aryl methyl sites for hydroxylation is 1. The first-order valence-electron chi connectivity index (χ1n) is 8.37. The zero-order chi connectivity index (χ0) is 15.6. The molecule has 0 unspecified atom stereocenters. The molecule has 0 radical (unpaired) electrons. The van der Waals surface area contributed by atoms with Gasteiger partial charge >= 0.3 is 0 Å². The second kappa shape index (κ2) is 6.39. The fourth-order valence-electron chi connectivity index (χ4n) is 3.34. The van der Waals surface area contributed by atoms with Crippen LogP contribution in [-0.4, -0.2) is 40.6 Å². The molecule has 0 aromatic heterocycles. The van der Waals surface area contributed by atoms with Gasteiger partial charge in [0.05, 0.1) is 0 Å². The first kappa shape index (κ1) is 15.5. The molecule has 1 saturated carbocycles. The molecule has 1 aromatic rings. The van der Waals surface area contributed by atoms with Crippen molar-refractivity contribution in [2.75, 3.05) is 13.1 Å². The number of amides is 1. The maximum Gasteiger partial charge on any atom is 0.256 e. The average Bonchev–Trinajstić information content (AvgIpc) is 2.43. The van der Waals surface area contributed by atoms with Crippen LogP contribution >= 0.6 is 0 Å². The number of benzene rings is 1. The monoisotopic (exact) mass is 302 g/mol. The number of nitrogens with zero attached hydrogens (tertiary/aromatic N) is 1. The van der Waals surface area contributed by atoms with Gasteiger partial charge in [-0.3, -0.25) is 4.79 Å². The van der Waals surface area contributed by atoms with Crippen LogP contribution in [0.1, 0.15) is 43.2 Å². The zero-order valence-electron chi connectivity index (χ0n) is 13.3. The Morgan fingerprint density at radius 3 is 2.86 bits per heavy atom. The summed E-state index contributed by atoms with van der Waals surface area (Å²) in [6, 6.07) is 8.71. The van der Waals surface area contributed by atoms with Crippen molar-refractivity contribution >= 4 is 5.91 Å². The molecule has 1 heterocycles. The molecule has 2 aliphatic rings. The van der Waals surface area contributed by atoms with E-state index in [-0.39, 0.29) is 5.91 Å². The van der Waals surface area contributed by atoms with Crippen LogP contribution in [-0.2, 0) is 11.3 Å². The van der Waals surface area contributed by atoms with Crippen LogP contribution in [0, 0.1) is 6.92 Å². The van der Waals surface area contributed by atoms with Gasteiger partial charge in [0.2, 0.25) is 0 Å². The second-order valence-electron chi connectivity index (χ2n) is 6.86. The minimum absolute atomic E-state index is 0.118. The standard InChI is InChI=1S/C18H26N2O2/c1-14-5-2-6-15(11-14)12-20-10-4-9-18(22,17(20)21)13-19-16-7-3-8-16/h2,5-6,11,16,19,22H,3-4,7-10,12-13H2,1H3/t18-/m0/s1. The normalized spacial score (nSPS) is 26.1. The molecule has 4 nitrogen and oxygen atoms in total. The van der Waals surface area contributed by atoms with Crippen LogP contribution in [0.5, 0.6) is 0 Å². The van der Waals surface area contributed by atoms with Gasteiger partial charge < -0.3 is 15.3 Å². The van der Waals surface area contributed by atoms with Gasteiger partial charge in [0.25, 0.3) is 5.91 Å². The van der Waals surface area contributed by atoms with Crippen LogP contribution in [0.2, 0.25) is 0 Å². The number of hydrogen-bond acceptors (Lipinski definition) is 3. The fourth-order valence-corrected chi connectivity index (χ4v) is 3.34. The Morgan fingerprint density at radius 1 is 1.36 bits per heavy atom. The Kier molecular flexibility index (Phi) is 4.50. The molecule has 1 saturated heterocycles. The third-order valence-corrected chi connectivity index (χ3v) is 4.95. The highest BCUT2D eigenvalue weighted by Gasteiger charge is 2.42. The largest absolute Gasteiger partial charge is 0.379 e. The number of piperidine rings is 1. The number of aliphatic hydroxyl groups is 1. The molecule has 0 bridgehead atoms. The van der Waals surface area contributed by atoms with Gasteiger partial charge in [0, 0.05) is 25.7 Å². The molecular weight excluding hydrogens is 276 g/mol. The highest BCUT2D eigenvalue weighted by atomic mass is 16.3. The molecule has 1 atom stereocenters. The lowest BCUT2D eigenvalue weighted by atomic mass is 9.88. The number of nitrogens with one attached hydrogen (secondary N) is 1. The summed E-state index contributed by atoms with van der Waals surface area (Å²) >= 11 is 0. The summed E-state index contributed by atoms with van der Waals surface area (Å²) in [6.07, 6.45) is 5.01. The molecule has 1 aliphatic carbocycles. The Bertz CT molecular complexity index is 542. The van der Waals surface area contributed by atoms with E-state index in [1.54, 1.807) is 4.90 Å². The van der Waals surface area contributed by atoms with E-state index in [1.165, 1.54) is 12.0 Å². The quantitative estimate of drug-likeness (QED) is 0.874. The molecule has 3 rings (SSSR count). The van der Waals surface area contributed by atoms with Crippen molar-refractivity contribution in [2.45, 2.75) is 57.2 Å². The molecule has 120 valence electrons. The minimum Gasteiger partial charge on any atom is -0.379 e. The summed E-state index contributed by atoms with van der Waals surface area (Å²) in [4.78, 5) is 14.5. The van der Waals surface area contributed by atoms with Crippen molar-refractivity contribution in [1.82, 2.24) is 10.2 Å². The van der Waals surface area contributed by atoms with E-state index in [9.17, 15) is 9.90 Å². The van der Waals surface area contributed by atoms with E-state index < -0.39 is 5.60 Å². The van der Waals surface area contributed by atoms with Crippen LogP contribution < -0.4 is 5.32 Å². The van der Waals surface area contributed by atoms with Gasteiger partial charge in [0.15, 0.2) is 5.60 Å². The van der Waals surface area contributed by atoms with E-state index in [2.05, 4.69) is 24.4 Å². The van der Waals surface area contributed by atoms with Gasteiger partial charge in [-0.25, -0.2) is 0 Å². The lowest BCUT2D eigenvalue weighted by molar-refractivity contribution is -0.157. The highest BCUT2D eigenvalue weighted by molar-refractivity contribution is 5.86. The van der Waals surface area contributed by atoms with E-state index in [0.717, 1.165) is 31.4 Å². The Morgan fingerprint density at radius 2 is 2.18 bits per heavy atom. The number of hydrogen-bond donors (Lipinski definition) is 2. The zero-order valence-corrected chi connectivity index (χ0v) is 13.3. The van der Waals surface area contributed by atoms with Gasteiger partial charge in [-0.05, 0) is 38.2 Å². The maximum absolute atomic E-state index is 12.7. The molecule has 1 aliphatic heterocycles. The predicted molar refractivity (Wildman–Crippen MR) is 86.4 cm³/mol. The molecule has 1 amide bonds. The van der Waals surface area contributed by atoms with Gasteiger partial charge in [0.1, 0.15) is 0 Å². The average molecular weight is 302 g/mol. The van der Waals surface area contributed by atoms with Crippen LogP contribution in [0.25, 0.3) is 0 Å². The van der Waals surface area contributed by atoms with Gasteiger partial charge in [-0.15, -0.1) is 0 Å². The van der Waals surface area contributed by atoms with Crippen molar-refractivity contribution in [3.05, 3.63) is 35.4 Å². The predicted octanol–water partition coefficient (Wildman–Crippen LogP) is 1.99. The maximum atomic E-state index is 12.7. The lowest BCUT2D eigenvalue weighted by Crippen LogP contribution is -2.59. The summed E-state index contributed by atoms with van der Waals surface area (Å²) in [5.74, 6) is -0.118. The van der Waals surface area contributed by atoms with Gasteiger partial charge in [-0.2, -0.15) is 0 Å². The molecule has 2 N–H and O–H groups in total. The van der Waals surface area contributed by atoms with E-state index in [0.29, 0.717) is 25.6 Å². The third kappa shape index (κ3) is 3.33.